The van der Waals surface area contributed by atoms with Crippen molar-refractivity contribution in [1.29, 1.82) is 0 Å². The van der Waals surface area contributed by atoms with E-state index in [1.54, 1.807) is 0 Å². The van der Waals surface area contributed by atoms with Crippen molar-refractivity contribution in [3.63, 3.8) is 0 Å². The molecule has 2 heterocycles. The Bertz CT molecular complexity index is 1590. The van der Waals surface area contributed by atoms with Gasteiger partial charge in [-0.3, -0.25) is 9.36 Å². The molecule has 5 rings (SSSR count). The van der Waals surface area contributed by atoms with E-state index in [0.717, 1.165) is 39.0 Å². The number of pyridine rings is 1. The predicted molar refractivity (Wildman–Crippen MR) is 152 cm³/mol. The molecule has 0 fully saturated rings. The number of carbonyl (C=O) groups is 1. The van der Waals surface area contributed by atoms with E-state index in [2.05, 4.69) is 35.1 Å². The van der Waals surface area contributed by atoms with Crippen LogP contribution in [0.3, 0.4) is 0 Å². The SMILES string of the molecule is C=CCn1c(SCC(=O)Nc2ccc(C)c(C)c2)nnc1-c1cc(-c2ccccc2)nc2ccccc12. The largest absolute Gasteiger partial charge is 0.325 e. The molecule has 0 atom stereocenters. The van der Waals surface area contributed by atoms with Gasteiger partial charge in [0.15, 0.2) is 11.0 Å². The maximum absolute atomic E-state index is 12.7. The van der Waals surface area contributed by atoms with E-state index < -0.39 is 0 Å². The second kappa shape index (κ2) is 10.8. The number of fused-ring (bicyclic) bond motifs is 1. The maximum atomic E-state index is 12.7. The first kappa shape index (κ1) is 24.5. The van der Waals surface area contributed by atoms with Gasteiger partial charge in [-0.2, -0.15) is 0 Å². The molecule has 0 aliphatic heterocycles. The van der Waals surface area contributed by atoms with Crippen LogP contribution in [0, 0.1) is 13.8 Å². The Morgan fingerprint density at radius 2 is 1.76 bits per heavy atom. The van der Waals surface area contributed by atoms with E-state index in [1.165, 1.54) is 17.3 Å². The lowest BCUT2D eigenvalue weighted by Gasteiger charge is -2.12. The molecule has 0 spiro atoms. The molecule has 1 amide bonds. The number of carbonyl (C=O) groups excluding carboxylic acids is 1. The average molecular weight is 506 g/mol. The van der Waals surface area contributed by atoms with Crippen LogP contribution in [-0.4, -0.2) is 31.4 Å². The number of amides is 1. The normalized spacial score (nSPS) is 11.0. The van der Waals surface area contributed by atoms with E-state index in [1.807, 2.05) is 90.4 Å². The van der Waals surface area contributed by atoms with Crippen molar-refractivity contribution in [1.82, 2.24) is 19.7 Å². The fraction of sp³-hybridized carbons (Fsp3) is 0.133. The minimum absolute atomic E-state index is 0.0938. The van der Waals surface area contributed by atoms with E-state index in [0.29, 0.717) is 17.5 Å². The third kappa shape index (κ3) is 5.32. The third-order valence-corrected chi connectivity index (χ3v) is 7.14. The van der Waals surface area contributed by atoms with Gasteiger partial charge in [0, 0.05) is 28.7 Å². The minimum atomic E-state index is -0.0938. The zero-order valence-corrected chi connectivity index (χ0v) is 21.6. The topological polar surface area (TPSA) is 72.7 Å². The molecular weight excluding hydrogens is 478 g/mol. The van der Waals surface area contributed by atoms with Crippen molar-refractivity contribution in [2.24, 2.45) is 0 Å². The van der Waals surface area contributed by atoms with Crippen LogP contribution in [0.25, 0.3) is 33.5 Å². The zero-order chi connectivity index (χ0) is 25.8. The van der Waals surface area contributed by atoms with Crippen molar-refractivity contribution < 1.29 is 4.79 Å². The Morgan fingerprint density at radius 1 is 0.973 bits per heavy atom. The lowest BCUT2D eigenvalue weighted by atomic mass is 10.0. The van der Waals surface area contributed by atoms with Crippen molar-refractivity contribution in [3.05, 3.63) is 103 Å². The number of aryl methyl sites for hydroxylation is 2. The highest BCUT2D eigenvalue weighted by atomic mass is 32.2. The Kier molecular flexibility index (Phi) is 7.14. The van der Waals surface area contributed by atoms with Gasteiger partial charge < -0.3 is 5.32 Å². The number of hydrogen-bond donors (Lipinski definition) is 1. The summed E-state index contributed by atoms with van der Waals surface area (Å²) < 4.78 is 2.00. The first-order valence-corrected chi connectivity index (χ1v) is 13.0. The lowest BCUT2D eigenvalue weighted by molar-refractivity contribution is -0.113. The number of rotatable bonds is 8. The van der Waals surface area contributed by atoms with E-state index in [4.69, 9.17) is 4.98 Å². The molecule has 0 radical (unpaired) electrons. The van der Waals surface area contributed by atoms with Gasteiger partial charge in [0.2, 0.25) is 5.91 Å². The number of anilines is 1. The summed E-state index contributed by atoms with van der Waals surface area (Å²) in [5.74, 6) is 0.839. The van der Waals surface area contributed by atoms with Gasteiger partial charge in [0.25, 0.3) is 0 Å². The highest BCUT2D eigenvalue weighted by molar-refractivity contribution is 7.99. The standard InChI is InChI=1S/C30H27N5OS/c1-4-16-35-29(33-34-30(35)37-19-28(36)31-23-15-14-20(2)21(3)17-23)25-18-27(22-10-6-5-7-11-22)32-26-13-9-8-12-24(25)26/h4-15,17-18H,1,16,19H2,2-3H3,(H,31,36). The number of hydrogen-bond acceptors (Lipinski definition) is 5. The molecule has 184 valence electrons. The Hall–Kier alpha value is -4.23. The first-order valence-electron chi connectivity index (χ1n) is 12.0. The molecule has 0 unspecified atom stereocenters. The number of para-hydroxylation sites is 1. The van der Waals surface area contributed by atoms with Crippen LogP contribution in [-0.2, 0) is 11.3 Å². The number of aromatic nitrogens is 4. The van der Waals surface area contributed by atoms with Crippen LogP contribution in [0.5, 0.6) is 0 Å². The van der Waals surface area contributed by atoms with Gasteiger partial charge in [-0.15, -0.1) is 16.8 Å². The maximum Gasteiger partial charge on any atom is 0.234 e. The van der Waals surface area contributed by atoms with Gasteiger partial charge in [-0.05, 0) is 49.2 Å². The summed E-state index contributed by atoms with van der Waals surface area (Å²) in [4.78, 5) is 17.6. The van der Waals surface area contributed by atoms with Gasteiger partial charge in [0.1, 0.15) is 0 Å². The van der Waals surface area contributed by atoms with Gasteiger partial charge in [-0.1, -0.05) is 72.4 Å². The smallest absolute Gasteiger partial charge is 0.234 e. The molecule has 6 nitrogen and oxygen atoms in total. The van der Waals surface area contributed by atoms with E-state index in [-0.39, 0.29) is 11.7 Å². The molecule has 7 heteroatoms. The van der Waals surface area contributed by atoms with E-state index in [9.17, 15) is 4.79 Å². The molecule has 37 heavy (non-hydrogen) atoms. The average Bonchev–Trinajstić information content (AvgIpc) is 3.32. The molecule has 0 saturated heterocycles. The van der Waals surface area contributed by atoms with Crippen LogP contribution in [0.4, 0.5) is 5.69 Å². The molecule has 0 saturated carbocycles. The summed E-state index contributed by atoms with van der Waals surface area (Å²) in [6.45, 7) is 8.53. The molecular formula is C30H27N5OS. The van der Waals surface area contributed by atoms with Crippen LogP contribution in [0.15, 0.2) is 96.7 Å². The highest BCUT2D eigenvalue weighted by Crippen LogP contribution is 2.33. The van der Waals surface area contributed by atoms with Crippen molar-refractivity contribution in [2.75, 3.05) is 11.1 Å². The van der Waals surface area contributed by atoms with Gasteiger partial charge >= 0.3 is 0 Å². The van der Waals surface area contributed by atoms with Gasteiger partial charge in [-0.25, -0.2) is 4.98 Å². The fourth-order valence-electron chi connectivity index (χ4n) is 4.15. The first-order chi connectivity index (χ1) is 18.0. The van der Waals surface area contributed by atoms with Crippen LogP contribution >= 0.6 is 11.8 Å². The number of nitrogens with zero attached hydrogens (tertiary/aromatic N) is 4. The quantitative estimate of drug-likeness (QED) is 0.188. The molecule has 0 aliphatic rings. The Balaban J connectivity index is 1.46. The van der Waals surface area contributed by atoms with Crippen molar-refractivity contribution >= 4 is 34.3 Å². The highest BCUT2D eigenvalue weighted by Gasteiger charge is 2.19. The predicted octanol–water partition coefficient (Wildman–Crippen LogP) is 6.69. The summed E-state index contributed by atoms with van der Waals surface area (Å²) >= 11 is 1.36. The number of benzene rings is 3. The lowest BCUT2D eigenvalue weighted by Crippen LogP contribution is -2.15. The van der Waals surface area contributed by atoms with Crippen molar-refractivity contribution in [2.45, 2.75) is 25.5 Å². The van der Waals surface area contributed by atoms with Crippen molar-refractivity contribution in [3.8, 4) is 22.6 Å². The minimum Gasteiger partial charge on any atom is -0.325 e. The summed E-state index contributed by atoms with van der Waals surface area (Å²) in [5, 5.41) is 13.6. The summed E-state index contributed by atoms with van der Waals surface area (Å²) in [6.07, 6.45) is 1.81. The van der Waals surface area contributed by atoms with E-state index >= 15 is 0 Å². The van der Waals surface area contributed by atoms with Crippen LogP contribution in [0.2, 0.25) is 0 Å². The number of allylic oxidation sites excluding steroid dienone is 1. The van der Waals surface area contributed by atoms with Crippen LogP contribution < -0.4 is 5.32 Å². The second-order valence-corrected chi connectivity index (χ2v) is 9.72. The molecule has 2 aromatic heterocycles. The molecule has 0 bridgehead atoms. The fourth-order valence-corrected chi connectivity index (χ4v) is 4.90. The monoisotopic (exact) mass is 505 g/mol. The molecule has 5 aromatic rings. The van der Waals surface area contributed by atoms with Crippen LogP contribution in [0.1, 0.15) is 11.1 Å². The molecule has 3 aromatic carbocycles. The number of nitrogens with one attached hydrogen (secondary N) is 1. The Morgan fingerprint density at radius 3 is 2.54 bits per heavy atom. The summed E-state index contributed by atoms with van der Waals surface area (Å²) in [5.41, 5.74) is 6.83. The second-order valence-electron chi connectivity index (χ2n) is 8.78. The zero-order valence-electron chi connectivity index (χ0n) is 20.8. The summed E-state index contributed by atoms with van der Waals surface area (Å²) in [7, 11) is 0. The summed E-state index contributed by atoms with van der Waals surface area (Å²) in [6, 6.07) is 26.1. The third-order valence-electron chi connectivity index (χ3n) is 6.18. The molecule has 0 aliphatic carbocycles. The number of thioether (sulfide) groups is 1. The molecule has 1 N–H and O–H groups in total. The van der Waals surface area contributed by atoms with Gasteiger partial charge in [0.05, 0.1) is 17.0 Å². The Labute approximate surface area is 220 Å².